The number of imide groups is 1. The van der Waals surface area contributed by atoms with E-state index in [9.17, 15) is 40.7 Å². The number of halogens is 6. The fraction of sp³-hybridized carbons (Fsp3) is 0.500. The van der Waals surface area contributed by atoms with Crippen molar-refractivity contribution in [1.82, 2.24) is 9.80 Å². The SMILES string of the molecule is CCCc1c(OCCCCN2C(=O)CN(CC(F)(F)F)C2=O)ccc2c(C(F)(F)F)cc(=O)oc12. The van der Waals surface area contributed by atoms with Gasteiger partial charge in [0.05, 0.1) is 12.2 Å². The van der Waals surface area contributed by atoms with E-state index in [1.807, 2.05) is 0 Å². The van der Waals surface area contributed by atoms with Gasteiger partial charge in [-0.3, -0.25) is 9.69 Å². The van der Waals surface area contributed by atoms with E-state index in [0.29, 0.717) is 29.4 Å². The predicted octanol–water partition coefficient (Wildman–Crippen LogP) is 4.75. The van der Waals surface area contributed by atoms with Gasteiger partial charge in [0, 0.05) is 23.6 Å². The maximum atomic E-state index is 13.4. The molecule has 0 aliphatic carbocycles. The van der Waals surface area contributed by atoms with Gasteiger partial charge in [0.15, 0.2) is 0 Å². The van der Waals surface area contributed by atoms with Gasteiger partial charge in [-0.1, -0.05) is 13.3 Å². The molecule has 0 bridgehead atoms. The predicted molar refractivity (Wildman–Crippen MR) is 111 cm³/mol. The van der Waals surface area contributed by atoms with E-state index >= 15 is 0 Å². The highest BCUT2D eigenvalue weighted by Crippen LogP contribution is 2.37. The number of hydrogen-bond acceptors (Lipinski definition) is 5. The number of ether oxygens (including phenoxy) is 1. The van der Waals surface area contributed by atoms with E-state index in [1.165, 1.54) is 6.07 Å². The molecule has 1 aliphatic heterocycles. The number of aryl methyl sites for hydroxylation is 1. The third-order valence-corrected chi connectivity index (χ3v) is 5.31. The van der Waals surface area contributed by atoms with Gasteiger partial charge in [-0.15, -0.1) is 0 Å². The van der Waals surface area contributed by atoms with E-state index < -0.39 is 48.6 Å². The number of carbonyl (C=O) groups excluding carboxylic acids is 2. The molecule has 1 aromatic heterocycles. The summed E-state index contributed by atoms with van der Waals surface area (Å²) in [5.41, 5.74) is -2.14. The number of amides is 3. The van der Waals surface area contributed by atoms with E-state index in [4.69, 9.17) is 9.15 Å². The largest absolute Gasteiger partial charge is 0.493 e. The smallest absolute Gasteiger partial charge is 0.417 e. The molecule has 1 fully saturated rings. The number of fused-ring (bicyclic) bond motifs is 1. The van der Waals surface area contributed by atoms with Gasteiger partial charge in [0.1, 0.15) is 24.4 Å². The van der Waals surface area contributed by atoms with Crippen molar-refractivity contribution in [2.75, 3.05) is 26.2 Å². The van der Waals surface area contributed by atoms with Crippen molar-refractivity contribution in [3.63, 3.8) is 0 Å². The molecule has 13 heteroatoms. The normalized spacial score (nSPS) is 14.9. The number of rotatable bonds is 9. The van der Waals surface area contributed by atoms with Gasteiger partial charge in [0.2, 0.25) is 5.91 Å². The van der Waals surface area contributed by atoms with Gasteiger partial charge >= 0.3 is 24.0 Å². The second-order valence-electron chi connectivity index (χ2n) is 8.00. The Hall–Kier alpha value is -3.25. The topological polar surface area (TPSA) is 80.1 Å². The molecule has 1 aliphatic rings. The van der Waals surface area contributed by atoms with Crippen LogP contribution >= 0.6 is 0 Å². The number of alkyl halides is 6. The zero-order valence-electron chi connectivity index (χ0n) is 18.6. The zero-order valence-corrected chi connectivity index (χ0v) is 18.6. The lowest BCUT2D eigenvalue weighted by atomic mass is 10.0. The Morgan fingerprint density at radius 1 is 1.06 bits per heavy atom. The summed E-state index contributed by atoms with van der Waals surface area (Å²) in [4.78, 5) is 36.8. The van der Waals surface area contributed by atoms with Crippen LogP contribution < -0.4 is 10.4 Å². The van der Waals surface area contributed by atoms with Crippen molar-refractivity contribution < 1.29 is 45.1 Å². The molecule has 3 rings (SSSR count). The van der Waals surface area contributed by atoms with Crippen LogP contribution in [0.5, 0.6) is 5.75 Å². The molecule has 3 amide bonds. The first-order valence-electron chi connectivity index (χ1n) is 10.8. The lowest BCUT2D eigenvalue weighted by molar-refractivity contribution is -0.140. The second kappa shape index (κ2) is 10.2. The third-order valence-electron chi connectivity index (χ3n) is 5.31. The fourth-order valence-corrected chi connectivity index (χ4v) is 3.83. The number of benzene rings is 1. The van der Waals surface area contributed by atoms with Crippen molar-refractivity contribution in [3.05, 3.63) is 39.7 Å². The van der Waals surface area contributed by atoms with Gasteiger partial charge in [-0.25, -0.2) is 9.59 Å². The van der Waals surface area contributed by atoms with Crippen molar-refractivity contribution in [1.29, 1.82) is 0 Å². The van der Waals surface area contributed by atoms with Gasteiger partial charge in [-0.2, -0.15) is 26.3 Å². The first-order chi connectivity index (χ1) is 16.3. The molecule has 2 aromatic rings. The minimum absolute atomic E-state index is 0.0495. The molecule has 2 heterocycles. The summed E-state index contributed by atoms with van der Waals surface area (Å²) < 4.78 is 88.4. The monoisotopic (exact) mass is 508 g/mol. The maximum absolute atomic E-state index is 13.4. The molecule has 0 spiro atoms. The molecule has 1 saturated heterocycles. The summed E-state index contributed by atoms with van der Waals surface area (Å²) in [6, 6.07) is 1.90. The van der Waals surface area contributed by atoms with Crippen molar-refractivity contribution >= 4 is 22.9 Å². The molecule has 7 nitrogen and oxygen atoms in total. The Morgan fingerprint density at radius 3 is 2.40 bits per heavy atom. The van der Waals surface area contributed by atoms with Crippen molar-refractivity contribution in [2.24, 2.45) is 0 Å². The van der Waals surface area contributed by atoms with Crippen molar-refractivity contribution in [3.8, 4) is 5.75 Å². The molecule has 0 atom stereocenters. The summed E-state index contributed by atoms with van der Waals surface area (Å²) in [5.74, 6) is -0.498. The van der Waals surface area contributed by atoms with Crippen LogP contribution in [0.3, 0.4) is 0 Å². The van der Waals surface area contributed by atoms with Crippen LogP contribution in [0, 0.1) is 0 Å². The standard InChI is InChI=1S/C22H22F6N2O5/c1-2-5-14-16(7-6-13-15(22(26,27)28)10-18(32)35-19(13)14)34-9-4-3-8-30-17(31)11-29(20(30)33)12-21(23,24)25/h6-7,10H,2-5,8-9,11-12H2,1H3. The highest BCUT2D eigenvalue weighted by Gasteiger charge is 2.42. The first-order valence-corrected chi connectivity index (χ1v) is 10.8. The van der Waals surface area contributed by atoms with Gasteiger partial charge in [0.25, 0.3) is 0 Å². The van der Waals surface area contributed by atoms with Crippen molar-refractivity contribution in [2.45, 2.75) is 45.0 Å². The summed E-state index contributed by atoms with van der Waals surface area (Å²) in [7, 11) is 0. The van der Waals surface area contributed by atoms with E-state index in [1.54, 1.807) is 6.92 Å². The van der Waals surface area contributed by atoms with Crippen LogP contribution in [0.15, 0.2) is 27.4 Å². The zero-order chi connectivity index (χ0) is 26.0. The van der Waals surface area contributed by atoms with E-state index in [-0.39, 0.29) is 42.7 Å². The number of nitrogens with zero attached hydrogens (tertiary/aromatic N) is 2. The summed E-state index contributed by atoms with van der Waals surface area (Å²) in [6.45, 7) is -0.407. The first kappa shape index (κ1) is 26.4. The number of urea groups is 1. The fourth-order valence-electron chi connectivity index (χ4n) is 3.83. The molecule has 35 heavy (non-hydrogen) atoms. The summed E-state index contributed by atoms with van der Waals surface area (Å²) >= 11 is 0. The molecule has 1 aromatic carbocycles. The van der Waals surface area contributed by atoms with Crippen LogP contribution in [0.25, 0.3) is 11.0 Å². The lowest BCUT2D eigenvalue weighted by Gasteiger charge is -2.18. The minimum Gasteiger partial charge on any atom is -0.493 e. The average Bonchev–Trinajstić information content (AvgIpc) is 2.99. The minimum atomic E-state index is -4.75. The maximum Gasteiger partial charge on any atom is 0.417 e. The lowest BCUT2D eigenvalue weighted by Crippen LogP contribution is -2.38. The van der Waals surface area contributed by atoms with Gasteiger partial charge < -0.3 is 14.1 Å². The number of carbonyl (C=O) groups is 2. The molecule has 0 unspecified atom stereocenters. The second-order valence-corrected chi connectivity index (χ2v) is 8.00. The molecule has 0 radical (unpaired) electrons. The molecule has 0 saturated carbocycles. The van der Waals surface area contributed by atoms with Gasteiger partial charge in [-0.05, 0) is 31.4 Å². The van der Waals surface area contributed by atoms with Crippen LogP contribution in [0.4, 0.5) is 31.1 Å². The molecular weight excluding hydrogens is 486 g/mol. The molecular formula is C22H22F6N2O5. The Balaban J connectivity index is 1.66. The highest BCUT2D eigenvalue weighted by atomic mass is 19.4. The highest BCUT2D eigenvalue weighted by molar-refractivity contribution is 6.02. The Morgan fingerprint density at radius 2 is 1.77 bits per heavy atom. The van der Waals surface area contributed by atoms with Crippen LogP contribution in [0.2, 0.25) is 0 Å². The summed E-state index contributed by atoms with van der Waals surface area (Å²) in [6.07, 6.45) is -8.02. The third kappa shape index (κ3) is 6.25. The summed E-state index contributed by atoms with van der Waals surface area (Å²) in [5, 5.41) is -0.262. The van der Waals surface area contributed by atoms with E-state index in [0.717, 1.165) is 11.0 Å². The molecule has 192 valence electrons. The average molecular weight is 508 g/mol. The van der Waals surface area contributed by atoms with Crippen LogP contribution in [-0.2, 0) is 17.4 Å². The quantitative estimate of drug-likeness (QED) is 0.211. The van der Waals surface area contributed by atoms with Crippen LogP contribution in [0.1, 0.15) is 37.3 Å². The Bertz CT molecular complexity index is 1160. The Kier molecular flexibility index (Phi) is 7.65. The Labute approximate surface area is 195 Å². The number of unbranched alkanes of at least 4 members (excludes halogenated alkanes) is 1. The number of hydrogen-bond donors (Lipinski definition) is 0. The molecule has 0 N–H and O–H groups in total. The van der Waals surface area contributed by atoms with Crippen LogP contribution in [-0.4, -0.2) is 54.2 Å². The van der Waals surface area contributed by atoms with E-state index in [2.05, 4.69) is 0 Å².